The first-order chi connectivity index (χ1) is 7.59. The lowest BCUT2D eigenvalue weighted by Gasteiger charge is -2.05. The minimum absolute atomic E-state index is 0.143. The summed E-state index contributed by atoms with van der Waals surface area (Å²) >= 11 is 0. The van der Waals surface area contributed by atoms with Crippen LogP contribution in [0.4, 0.5) is 0 Å². The zero-order valence-corrected chi connectivity index (χ0v) is 9.10. The van der Waals surface area contributed by atoms with Crippen molar-refractivity contribution in [3.05, 3.63) is 29.8 Å². The molecule has 4 heteroatoms. The van der Waals surface area contributed by atoms with Gasteiger partial charge in [-0.05, 0) is 37.6 Å². The summed E-state index contributed by atoms with van der Waals surface area (Å²) in [6.45, 7) is 2.01. The fraction of sp³-hybridized carbons (Fsp3) is 0.333. The Balaban J connectivity index is 2.38. The Morgan fingerprint density at radius 2 is 1.88 bits per heavy atom. The number of benzene rings is 1. The zero-order valence-electron chi connectivity index (χ0n) is 9.10. The fourth-order valence-electron chi connectivity index (χ4n) is 1.20. The van der Waals surface area contributed by atoms with Crippen LogP contribution in [0.5, 0.6) is 5.75 Å². The molecule has 0 spiro atoms. The normalized spacial score (nSPS) is 9.81. The number of ether oxygens (including phenoxy) is 1. The first kappa shape index (κ1) is 12.2. The van der Waals surface area contributed by atoms with E-state index in [1.807, 2.05) is 0 Å². The number of hydrogen-bond acceptors (Lipinski definition) is 3. The highest BCUT2D eigenvalue weighted by Gasteiger charge is 2.02. The molecule has 0 radical (unpaired) electrons. The number of carboxylic acid groups (broad SMARTS) is 1. The highest BCUT2D eigenvalue weighted by atomic mass is 16.5. The van der Waals surface area contributed by atoms with Gasteiger partial charge in [-0.1, -0.05) is 0 Å². The molecule has 16 heavy (non-hydrogen) atoms. The van der Waals surface area contributed by atoms with Crippen molar-refractivity contribution in [2.45, 2.75) is 19.8 Å². The van der Waals surface area contributed by atoms with E-state index in [2.05, 4.69) is 0 Å². The van der Waals surface area contributed by atoms with Crippen molar-refractivity contribution in [3.8, 4) is 5.75 Å². The van der Waals surface area contributed by atoms with E-state index in [1.165, 1.54) is 12.1 Å². The number of carbonyl (C=O) groups excluding carboxylic acids is 1. The van der Waals surface area contributed by atoms with E-state index in [-0.39, 0.29) is 11.3 Å². The molecule has 4 nitrogen and oxygen atoms in total. The minimum atomic E-state index is -0.955. The molecule has 0 aliphatic carbocycles. The lowest BCUT2D eigenvalue weighted by Crippen LogP contribution is -2.01. The lowest BCUT2D eigenvalue weighted by atomic mass is 10.2. The Morgan fingerprint density at radius 3 is 2.38 bits per heavy atom. The molecule has 0 saturated heterocycles. The summed E-state index contributed by atoms with van der Waals surface area (Å²) in [5.74, 6) is -0.193. The van der Waals surface area contributed by atoms with Crippen LogP contribution in [-0.2, 0) is 4.79 Å². The molecule has 0 aliphatic heterocycles. The molecule has 0 aromatic heterocycles. The van der Waals surface area contributed by atoms with Crippen molar-refractivity contribution in [2.75, 3.05) is 6.61 Å². The second kappa shape index (κ2) is 5.90. The highest BCUT2D eigenvalue weighted by Crippen LogP contribution is 2.12. The van der Waals surface area contributed by atoms with Crippen LogP contribution in [0.15, 0.2) is 24.3 Å². The van der Waals surface area contributed by atoms with Crippen LogP contribution < -0.4 is 4.74 Å². The van der Waals surface area contributed by atoms with Gasteiger partial charge in [0.25, 0.3) is 0 Å². The van der Waals surface area contributed by atoms with Crippen molar-refractivity contribution >= 4 is 11.8 Å². The summed E-state index contributed by atoms with van der Waals surface area (Å²) in [7, 11) is 0. The molecular formula is C12H14O4. The van der Waals surface area contributed by atoms with E-state index in [0.717, 1.165) is 0 Å². The minimum Gasteiger partial charge on any atom is -0.494 e. The van der Waals surface area contributed by atoms with Crippen LogP contribution in [0.3, 0.4) is 0 Å². The summed E-state index contributed by atoms with van der Waals surface area (Å²) in [4.78, 5) is 21.2. The molecule has 0 saturated carbocycles. The molecule has 1 aromatic carbocycles. The first-order valence-corrected chi connectivity index (χ1v) is 5.05. The summed E-state index contributed by atoms with van der Waals surface area (Å²) in [6.07, 6.45) is 1.18. The maximum absolute atomic E-state index is 10.7. The monoisotopic (exact) mass is 222 g/mol. The van der Waals surface area contributed by atoms with Crippen molar-refractivity contribution in [2.24, 2.45) is 0 Å². The van der Waals surface area contributed by atoms with Crippen molar-refractivity contribution in [1.29, 1.82) is 0 Å². The number of aromatic carboxylic acids is 1. The molecule has 0 fully saturated rings. The van der Waals surface area contributed by atoms with E-state index in [9.17, 15) is 9.59 Å². The Hall–Kier alpha value is -1.84. The zero-order chi connectivity index (χ0) is 12.0. The molecule has 0 amide bonds. The van der Waals surface area contributed by atoms with Gasteiger partial charge in [0.2, 0.25) is 0 Å². The van der Waals surface area contributed by atoms with Gasteiger partial charge in [0.1, 0.15) is 11.5 Å². The number of carbonyl (C=O) groups is 2. The van der Waals surface area contributed by atoms with Gasteiger partial charge in [-0.15, -0.1) is 0 Å². The van der Waals surface area contributed by atoms with Crippen LogP contribution in [-0.4, -0.2) is 23.5 Å². The van der Waals surface area contributed by atoms with Gasteiger partial charge in [-0.2, -0.15) is 0 Å². The molecule has 0 unspecified atom stereocenters. The number of rotatable bonds is 6. The lowest BCUT2D eigenvalue weighted by molar-refractivity contribution is -0.117. The maximum atomic E-state index is 10.7. The fourth-order valence-corrected chi connectivity index (χ4v) is 1.20. The van der Waals surface area contributed by atoms with E-state index >= 15 is 0 Å². The third kappa shape index (κ3) is 4.13. The third-order valence-corrected chi connectivity index (χ3v) is 2.04. The Bertz CT molecular complexity index is 367. The third-order valence-electron chi connectivity index (χ3n) is 2.04. The van der Waals surface area contributed by atoms with E-state index in [1.54, 1.807) is 19.1 Å². The topological polar surface area (TPSA) is 63.6 Å². The number of carboxylic acids is 1. The number of hydrogen-bond donors (Lipinski definition) is 1. The SMILES string of the molecule is CC(=O)CCCOc1ccc(C(=O)O)cc1. The molecule has 86 valence electrons. The summed E-state index contributed by atoms with van der Waals surface area (Å²) in [5, 5.41) is 8.67. The average Bonchev–Trinajstić information content (AvgIpc) is 2.25. The summed E-state index contributed by atoms with van der Waals surface area (Å²) in [5.41, 5.74) is 0.232. The van der Waals surface area contributed by atoms with Crippen LogP contribution >= 0.6 is 0 Å². The van der Waals surface area contributed by atoms with Gasteiger partial charge in [0.05, 0.1) is 12.2 Å². The van der Waals surface area contributed by atoms with Gasteiger partial charge in [0.15, 0.2) is 0 Å². The van der Waals surface area contributed by atoms with Gasteiger partial charge < -0.3 is 14.6 Å². The number of ketones is 1. The van der Waals surface area contributed by atoms with Gasteiger partial charge >= 0.3 is 5.97 Å². The molecule has 0 atom stereocenters. The first-order valence-electron chi connectivity index (χ1n) is 5.05. The summed E-state index contributed by atoms with van der Waals surface area (Å²) < 4.78 is 5.35. The van der Waals surface area contributed by atoms with E-state index in [4.69, 9.17) is 9.84 Å². The average molecular weight is 222 g/mol. The highest BCUT2D eigenvalue weighted by molar-refractivity contribution is 5.87. The predicted molar refractivity (Wildman–Crippen MR) is 58.8 cm³/mol. The maximum Gasteiger partial charge on any atom is 0.335 e. The Morgan fingerprint density at radius 1 is 1.25 bits per heavy atom. The van der Waals surface area contributed by atoms with Crippen molar-refractivity contribution in [1.82, 2.24) is 0 Å². The second-order valence-electron chi connectivity index (χ2n) is 3.48. The molecule has 0 aliphatic rings. The van der Waals surface area contributed by atoms with Gasteiger partial charge in [-0.3, -0.25) is 0 Å². The Labute approximate surface area is 93.9 Å². The van der Waals surface area contributed by atoms with Crippen LogP contribution in [0, 0.1) is 0 Å². The van der Waals surface area contributed by atoms with Crippen LogP contribution in [0.1, 0.15) is 30.1 Å². The second-order valence-corrected chi connectivity index (χ2v) is 3.48. The molecule has 0 bridgehead atoms. The quantitative estimate of drug-likeness (QED) is 0.749. The molecule has 1 N–H and O–H groups in total. The van der Waals surface area contributed by atoms with Crippen molar-refractivity contribution in [3.63, 3.8) is 0 Å². The number of Topliss-reactive ketones (excluding diaryl/α,β-unsaturated/α-hetero) is 1. The largest absolute Gasteiger partial charge is 0.494 e. The molecule has 1 aromatic rings. The van der Waals surface area contributed by atoms with E-state index < -0.39 is 5.97 Å². The van der Waals surface area contributed by atoms with Gasteiger partial charge in [-0.25, -0.2) is 4.79 Å². The standard InChI is InChI=1S/C12H14O4/c1-9(13)3-2-8-16-11-6-4-10(5-7-11)12(14)15/h4-7H,2-3,8H2,1H3,(H,14,15). The van der Waals surface area contributed by atoms with Crippen molar-refractivity contribution < 1.29 is 19.4 Å². The molecule has 1 rings (SSSR count). The summed E-state index contributed by atoms with van der Waals surface area (Å²) in [6, 6.07) is 6.19. The predicted octanol–water partition coefficient (Wildman–Crippen LogP) is 2.13. The molecular weight excluding hydrogens is 208 g/mol. The van der Waals surface area contributed by atoms with Gasteiger partial charge in [0, 0.05) is 6.42 Å². The van der Waals surface area contributed by atoms with Crippen LogP contribution in [0.25, 0.3) is 0 Å². The molecule has 0 heterocycles. The van der Waals surface area contributed by atoms with E-state index in [0.29, 0.717) is 25.2 Å². The smallest absolute Gasteiger partial charge is 0.335 e. The van der Waals surface area contributed by atoms with Crippen LogP contribution in [0.2, 0.25) is 0 Å². The Kier molecular flexibility index (Phi) is 4.51.